The molecule has 1 saturated heterocycles. The van der Waals surface area contributed by atoms with Crippen LogP contribution in [0.25, 0.3) is 0 Å². The van der Waals surface area contributed by atoms with Gasteiger partial charge in [0.2, 0.25) is 0 Å². The van der Waals surface area contributed by atoms with Crippen LogP contribution in [-0.2, 0) is 23.8 Å². The van der Waals surface area contributed by atoms with Crippen LogP contribution in [0.5, 0.6) is 0 Å². The average Bonchev–Trinajstić information content (AvgIpc) is 3.17. The number of carbonyl (C=O) groups excluding carboxylic acids is 2. The highest BCUT2D eigenvalue weighted by molar-refractivity contribution is 5.86. The minimum absolute atomic E-state index is 0.142. The van der Waals surface area contributed by atoms with E-state index in [-0.39, 0.29) is 18.0 Å². The molecule has 19 heavy (non-hydrogen) atoms. The van der Waals surface area contributed by atoms with E-state index < -0.39 is 0 Å². The van der Waals surface area contributed by atoms with Crippen LogP contribution in [0.4, 0.5) is 0 Å². The van der Waals surface area contributed by atoms with Gasteiger partial charge in [0.15, 0.2) is 0 Å². The Hall–Kier alpha value is -1.62. The summed E-state index contributed by atoms with van der Waals surface area (Å²) in [5, 5.41) is 0. The van der Waals surface area contributed by atoms with Crippen molar-refractivity contribution in [2.24, 2.45) is 5.92 Å². The molecular weight excluding hydrogens is 248 g/mol. The van der Waals surface area contributed by atoms with Gasteiger partial charge < -0.3 is 14.2 Å². The number of rotatable bonds is 6. The molecule has 5 nitrogen and oxygen atoms in total. The SMILES string of the molecule is C=C(C)C(=O)OCC1CO1.C=CC(=O)OCC(C)C. The van der Waals surface area contributed by atoms with Crippen molar-refractivity contribution in [3.05, 3.63) is 24.8 Å². The maximum atomic E-state index is 10.7. The van der Waals surface area contributed by atoms with Crippen LogP contribution < -0.4 is 0 Å². The lowest BCUT2D eigenvalue weighted by atomic mass is 10.2. The fourth-order valence-electron chi connectivity index (χ4n) is 0.764. The highest BCUT2D eigenvalue weighted by Crippen LogP contribution is 2.09. The van der Waals surface area contributed by atoms with Crippen LogP contribution in [0.2, 0.25) is 0 Å². The third kappa shape index (κ3) is 11.2. The van der Waals surface area contributed by atoms with Crippen molar-refractivity contribution >= 4 is 11.9 Å². The maximum absolute atomic E-state index is 10.7. The van der Waals surface area contributed by atoms with Crippen molar-refractivity contribution in [3.8, 4) is 0 Å². The van der Waals surface area contributed by atoms with Crippen LogP contribution in [0, 0.1) is 5.92 Å². The lowest BCUT2D eigenvalue weighted by Gasteiger charge is -2.02. The molecule has 1 rings (SSSR count). The minimum Gasteiger partial charge on any atom is -0.462 e. The molecular formula is C14H22O5. The van der Waals surface area contributed by atoms with Crippen molar-refractivity contribution in [3.63, 3.8) is 0 Å². The fourth-order valence-corrected chi connectivity index (χ4v) is 0.764. The van der Waals surface area contributed by atoms with Gasteiger partial charge in [0.05, 0.1) is 13.2 Å². The molecule has 1 heterocycles. The molecule has 1 unspecified atom stereocenters. The number of hydrogen-bond donors (Lipinski definition) is 0. The molecule has 1 fully saturated rings. The van der Waals surface area contributed by atoms with Gasteiger partial charge in [-0.1, -0.05) is 27.0 Å². The Morgan fingerprint density at radius 3 is 2.37 bits per heavy atom. The molecule has 0 aromatic heterocycles. The van der Waals surface area contributed by atoms with E-state index in [9.17, 15) is 9.59 Å². The predicted molar refractivity (Wildman–Crippen MR) is 71.5 cm³/mol. The molecule has 1 aliphatic rings. The monoisotopic (exact) mass is 270 g/mol. The summed E-state index contributed by atoms with van der Waals surface area (Å²) in [5.41, 5.74) is 0.431. The van der Waals surface area contributed by atoms with Gasteiger partial charge in [-0.05, 0) is 12.8 Å². The van der Waals surface area contributed by atoms with Crippen molar-refractivity contribution < 1.29 is 23.8 Å². The summed E-state index contributed by atoms with van der Waals surface area (Å²) in [4.78, 5) is 21.1. The summed E-state index contributed by atoms with van der Waals surface area (Å²) in [5.74, 6) is -0.284. The third-order valence-corrected chi connectivity index (χ3v) is 1.88. The number of ether oxygens (including phenoxy) is 3. The van der Waals surface area contributed by atoms with Crippen LogP contribution in [-0.4, -0.2) is 37.9 Å². The van der Waals surface area contributed by atoms with E-state index in [4.69, 9.17) is 14.2 Å². The Labute approximate surface area is 114 Å². The number of epoxide rings is 1. The lowest BCUT2D eigenvalue weighted by molar-refractivity contribution is -0.140. The van der Waals surface area contributed by atoms with E-state index in [1.54, 1.807) is 6.92 Å². The summed E-state index contributed by atoms with van der Waals surface area (Å²) in [6.07, 6.45) is 1.31. The zero-order valence-electron chi connectivity index (χ0n) is 11.8. The summed E-state index contributed by atoms with van der Waals surface area (Å²) >= 11 is 0. The lowest BCUT2D eigenvalue weighted by Crippen LogP contribution is -2.09. The molecule has 0 aromatic carbocycles. The van der Waals surface area contributed by atoms with Gasteiger partial charge in [-0.15, -0.1) is 0 Å². The molecule has 1 aliphatic heterocycles. The van der Waals surface area contributed by atoms with Crippen molar-refractivity contribution in [2.45, 2.75) is 26.9 Å². The molecule has 0 bridgehead atoms. The smallest absolute Gasteiger partial charge is 0.333 e. The van der Waals surface area contributed by atoms with Gasteiger partial charge >= 0.3 is 11.9 Å². The molecule has 108 valence electrons. The van der Waals surface area contributed by atoms with Gasteiger partial charge in [0, 0.05) is 11.6 Å². The highest BCUT2D eigenvalue weighted by Gasteiger charge is 2.24. The molecule has 0 aliphatic carbocycles. The minimum atomic E-state index is -0.344. The average molecular weight is 270 g/mol. The Morgan fingerprint density at radius 1 is 1.42 bits per heavy atom. The summed E-state index contributed by atoms with van der Waals surface area (Å²) < 4.78 is 14.3. The zero-order valence-corrected chi connectivity index (χ0v) is 11.8. The van der Waals surface area contributed by atoms with Gasteiger partial charge in [-0.25, -0.2) is 9.59 Å². The first-order valence-corrected chi connectivity index (χ1v) is 6.10. The molecule has 0 radical (unpaired) electrons. The first kappa shape index (κ1) is 17.4. The van der Waals surface area contributed by atoms with Gasteiger partial charge in [-0.3, -0.25) is 0 Å². The van der Waals surface area contributed by atoms with Gasteiger partial charge in [-0.2, -0.15) is 0 Å². The molecule has 5 heteroatoms. The summed E-state index contributed by atoms with van der Waals surface area (Å²) in [6, 6.07) is 0. The van der Waals surface area contributed by atoms with Crippen molar-refractivity contribution in [1.82, 2.24) is 0 Å². The van der Waals surface area contributed by atoms with Crippen molar-refractivity contribution in [1.29, 1.82) is 0 Å². The van der Waals surface area contributed by atoms with E-state index in [0.29, 0.717) is 31.3 Å². The van der Waals surface area contributed by atoms with Gasteiger partial charge in [0.25, 0.3) is 0 Å². The second-order valence-corrected chi connectivity index (χ2v) is 4.56. The van der Waals surface area contributed by atoms with E-state index in [1.807, 2.05) is 13.8 Å². The summed E-state index contributed by atoms with van der Waals surface area (Å²) in [7, 11) is 0. The second-order valence-electron chi connectivity index (χ2n) is 4.56. The normalized spacial score (nSPS) is 15.9. The topological polar surface area (TPSA) is 65.1 Å². The van der Waals surface area contributed by atoms with Crippen LogP contribution >= 0.6 is 0 Å². The maximum Gasteiger partial charge on any atom is 0.333 e. The number of esters is 2. The van der Waals surface area contributed by atoms with Crippen LogP contribution in [0.3, 0.4) is 0 Å². The zero-order chi connectivity index (χ0) is 14.8. The van der Waals surface area contributed by atoms with Crippen molar-refractivity contribution in [2.75, 3.05) is 19.8 Å². The molecule has 1 atom stereocenters. The van der Waals surface area contributed by atoms with E-state index in [0.717, 1.165) is 0 Å². The first-order valence-electron chi connectivity index (χ1n) is 6.10. The number of hydrogen-bond acceptors (Lipinski definition) is 5. The molecule has 0 amide bonds. The Morgan fingerprint density at radius 2 is 2.00 bits per heavy atom. The molecule has 0 saturated carbocycles. The quantitative estimate of drug-likeness (QED) is 0.419. The van der Waals surface area contributed by atoms with Crippen LogP contribution in [0.1, 0.15) is 20.8 Å². The van der Waals surface area contributed by atoms with Crippen LogP contribution in [0.15, 0.2) is 24.8 Å². The third-order valence-electron chi connectivity index (χ3n) is 1.88. The highest BCUT2D eigenvalue weighted by atomic mass is 16.6. The molecule has 0 spiro atoms. The Balaban J connectivity index is 0.000000344. The fraction of sp³-hybridized carbons (Fsp3) is 0.571. The summed E-state index contributed by atoms with van der Waals surface area (Å²) in [6.45, 7) is 13.8. The molecule has 0 N–H and O–H groups in total. The van der Waals surface area contributed by atoms with E-state index >= 15 is 0 Å². The Bertz CT molecular complexity index is 329. The molecule has 0 aromatic rings. The first-order chi connectivity index (χ1) is 8.86. The standard InChI is InChI=1S/C7H10O3.C7H12O2/c1-5(2)7(8)10-4-6-3-9-6;1-4-7(8)9-5-6(2)3/h6H,1,3-4H2,2H3;4,6H,1,5H2,2-3H3. The second kappa shape index (κ2) is 9.33. The predicted octanol–water partition coefficient (Wildman–Crippen LogP) is 1.88. The van der Waals surface area contributed by atoms with Gasteiger partial charge in [0.1, 0.15) is 12.7 Å². The van der Waals surface area contributed by atoms with E-state index in [2.05, 4.69) is 13.2 Å². The number of carbonyl (C=O) groups is 2. The van der Waals surface area contributed by atoms with E-state index in [1.165, 1.54) is 6.08 Å². The largest absolute Gasteiger partial charge is 0.462 e. The Kier molecular flexibility index (Phi) is 8.53.